The molecule has 0 aliphatic carbocycles. The van der Waals surface area contributed by atoms with E-state index in [0.717, 1.165) is 29.2 Å². The largest absolute Gasteiger partial charge is 0.417 e. The van der Waals surface area contributed by atoms with Gasteiger partial charge in [-0.25, -0.2) is 0 Å². The van der Waals surface area contributed by atoms with Gasteiger partial charge in [-0.05, 0) is 32.2 Å². The molecule has 26 heavy (non-hydrogen) atoms. The predicted molar refractivity (Wildman–Crippen MR) is 95.9 cm³/mol. The van der Waals surface area contributed by atoms with Crippen LogP contribution in [0.2, 0.25) is 5.02 Å². The number of benzene rings is 1. The van der Waals surface area contributed by atoms with Crippen molar-refractivity contribution in [1.82, 2.24) is 9.47 Å². The zero-order valence-corrected chi connectivity index (χ0v) is 15.6. The second-order valence-electron chi connectivity index (χ2n) is 5.77. The quantitative estimate of drug-likeness (QED) is 0.797. The van der Waals surface area contributed by atoms with E-state index in [0.29, 0.717) is 13.1 Å². The molecule has 0 fully saturated rings. The summed E-state index contributed by atoms with van der Waals surface area (Å²) in [6.45, 7) is 2.67. The number of carbonyl (C=O) groups is 1. The number of aromatic nitrogens is 1. The van der Waals surface area contributed by atoms with Crippen LogP contribution < -0.4 is 10.2 Å². The topological polar surface area (TPSA) is 54.3 Å². The molecule has 1 heterocycles. The number of alkyl halides is 3. The molecule has 0 atom stereocenters. The van der Waals surface area contributed by atoms with Crippen molar-refractivity contribution in [3.8, 4) is 0 Å². The molecule has 0 radical (unpaired) electrons. The third-order valence-corrected chi connectivity index (χ3v) is 4.86. The van der Waals surface area contributed by atoms with Gasteiger partial charge in [-0.2, -0.15) is 13.2 Å². The van der Waals surface area contributed by atoms with Crippen molar-refractivity contribution in [2.75, 3.05) is 25.5 Å². The number of amides is 1. The van der Waals surface area contributed by atoms with Crippen LogP contribution in [0.5, 0.6) is 0 Å². The molecule has 0 saturated heterocycles. The maximum atomic E-state index is 12.8. The fourth-order valence-corrected chi connectivity index (χ4v) is 3.28. The van der Waals surface area contributed by atoms with Crippen LogP contribution in [0.25, 0.3) is 0 Å². The van der Waals surface area contributed by atoms with Gasteiger partial charge >= 0.3 is 11.0 Å². The van der Waals surface area contributed by atoms with Gasteiger partial charge in [0.05, 0.1) is 17.1 Å². The summed E-state index contributed by atoms with van der Waals surface area (Å²) < 4.78 is 40.1. The fraction of sp³-hybridized carbons (Fsp3) is 0.375. The highest BCUT2D eigenvalue weighted by atomic mass is 35.5. The molecule has 1 aromatic heterocycles. The van der Waals surface area contributed by atoms with E-state index in [4.69, 9.17) is 11.6 Å². The van der Waals surface area contributed by atoms with Gasteiger partial charge in [-0.1, -0.05) is 22.9 Å². The summed E-state index contributed by atoms with van der Waals surface area (Å²) in [5.74, 6) is -0.461. The van der Waals surface area contributed by atoms with Crippen molar-refractivity contribution in [3.05, 3.63) is 49.5 Å². The number of carbonyl (C=O) groups excluding carboxylic acids is 1. The normalized spacial score (nSPS) is 11.8. The van der Waals surface area contributed by atoms with Crippen LogP contribution in [0.15, 0.2) is 28.4 Å². The van der Waals surface area contributed by atoms with E-state index < -0.39 is 22.7 Å². The molecule has 0 unspecified atom stereocenters. The number of likely N-dealkylation sites (N-methyl/N-ethyl adjacent to an activating group) is 1. The lowest BCUT2D eigenvalue weighted by Crippen LogP contribution is -2.33. The number of thiazole rings is 1. The third kappa shape index (κ3) is 5.33. The summed E-state index contributed by atoms with van der Waals surface area (Å²) in [5, 5.41) is 3.75. The fourth-order valence-electron chi connectivity index (χ4n) is 2.29. The number of anilines is 1. The van der Waals surface area contributed by atoms with Crippen LogP contribution in [0.1, 0.15) is 11.3 Å². The molecule has 2 rings (SSSR count). The summed E-state index contributed by atoms with van der Waals surface area (Å²) >= 11 is 6.66. The van der Waals surface area contributed by atoms with E-state index in [9.17, 15) is 22.8 Å². The zero-order valence-electron chi connectivity index (χ0n) is 14.1. The first-order chi connectivity index (χ1) is 12.1. The maximum absolute atomic E-state index is 12.8. The van der Waals surface area contributed by atoms with E-state index in [1.165, 1.54) is 6.07 Å². The van der Waals surface area contributed by atoms with E-state index in [-0.39, 0.29) is 17.1 Å². The van der Waals surface area contributed by atoms with E-state index in [1.54, 1.807) is 21.9 Å². The summed E-state index contributed by atoms with van der Waals surface area (Å²) in [7, 11) is 1.69. The summed E-state index contributed by atoms with van der Waals surface area (Å²) in [4.78, 5) is 25.3. The Hall–Kier alpha value is -1.84. The molecule has 2 aromatic rings. The van der Waals surface area contributed by atoms with Gasteiger partial charge in [0.25, 0.3) is 0 Å². The van der Waals surface area contributed by atoms with Crippen LogP contribution >= 0.6 is 22.9 Å². The van der Waals surface area contributed by atoms with Crippen molar-refractivity contribution in [1.29, 1.82) is 0 Å². The first-order valence-corrected chi connectivity index (χ1v) is 8.83. The molecule has 10 heteroatoms. The standard InChI is InChI=1S/C16H17ClF3N3O2S/c1-10-9-26-15(25)23(10)6-5-22(2)8-14(24)21-11-3-4-13(17)12(7-11)16(18,19)20/h3-4,7,9H,5-6,8H2,1-2H3,(H,21,24). The SMILES string of the molecule is Cc1csc(=O)n1CCN(C)CC(=O)Nc1ccc(Cl)c(C(F)(F)F)c1. The average Bonchev–Trinajstić information content (AvgIpc) is 2.84. The van der Waals surface area contributed by atoms with Crippen molar-refractivity contribution in [2.45, 2.75) is 19.6 Å². The molecule has 0 bridgehead atoms. The number of nitrogens with one attached hydrogen (secondary N) is 1. The predicted octanol–water partition coefficient (Wildman–Crippen LogP) is 3.46. The van der Waals surface area contributed by atoms with E-state index >= 15 is 0 Å². The minimum atomic E-state index is -4.60. The Morgan fingerprint density at radius 2 is 2.08 bits per heavy atom. The van der Waals surface area contributed by atoms with Gasteiger partial charge in [0.2, 0.25) is 5.91 Å². The molecule has 1 N–H and O–H groups in total. The molecule has 0 spiro atoms. The Morgan fingerprint density at radius 1 is 1.38 bits per heavy atom. The number of hydrogen-bond donors (Lipinski definition) is 1. The smallest absolute Gasteiger partial charge is 0.325 e. The van der Waals surface area contributed by atoms with Gasteiger partial charge in [-0.15, -0.1) is 0 Å². The first-order valence-electron chi connectivity index (χ1n) is 7.58. The number of nitrogens with zero attached hydrogens (tertiary/aromatic N) is 2. The number of aryl methyl sites for hydroxylation is 1. The molecule has 0 saturated carbocycles. The highest BCUT2D eigenvalue weighted by molar-refractivity contribution is 7.07. The number of halogens is 4. The van der Waals surface area contributed by atoms with Crippen LogP contribution in [-0.4, -0.2) is 35.5 Å². The van der Waals surface area contributed by atoms with Gasteiger partial charge in [0, 0.05) is 29.9 Å². The average molecular weight is 408 g/mol. The van der Waals surface area contributed by atoms with Crippen molar-refractivity contribution < 1.29 is 18.0 Å². The molecule has 142 valence electrons. The van der Waals surface area contributed by atoms with Gasteiger partial charge < -0.3 is 9.88 Å². The highest BCUT2D eigenvalue weighted by Crippen LogP contribution is 2.36. The lowest BCUT2D eigenvalue weighted by atomic mass is 10.2. The molecular formula is C16H17ClF3N3O2S. The van der Waals surface area contributed by atoms with E-state index in [2.05, 4.69) is 5.32 Å². The molecule has 0 aliphatic heterocycles. The first kappa shape index (κ1) is 20.5. The Labute approximate surface area is 157 Å². The Bertz CT molecular complexity index is 848. The van der Waals surface area contributed by atoms with Crippen molar-refractivity contribution >= 4 is 34.5 Å². The van der Waals surface area contributed by atoms with Crippen molar-refractivity contribution in [2.24, 2.45) is 0 Å². The summed E-state index contributed by atoms with van der Waals surface area (Å²) in [6, 6.07) is 3.20. The lowest BCUT2D eigenvalue weighted by Gasteiger charge is -2.17. The minimum absolute atomic E-state index is 0.0185. The summed E-state index contributed by atoms with van der Waals surface area (Å²) in [5.41, 5.74) is -0.138. The molecule has 5 nitrogen and oxygen atoms in total. The molecule has 1 aromatic carbocycles. The van der Waals surface area contributed by atoms with Gasteiger partial charge in [0.15, 0.2) is 0 Å². The number of rotatable bonds is 6. The van der Waals surface area contributed by atoms with Crippen LogP contribution in [0.3, 0.4) is 0 Å². The van der Waals surface area contributed by atoms with Crippen LogP contribution in [0.4, 0.5) is 18.9 Å². The molecule has 0 aliphatic rings. The maximum Gasteiger partial charge on any atom is 0.417 e. The van der Waals surface area contributed by atoms with Gasteiger partial charge in [0.1, 0.15) is 0 Å². The Kier molecular flexibility index (Phi) is 6.48. The lowest BCUT2D eigenvalue weighted by molar-refractivity contribution is -0.137. The second kappa shape index (κ2) is 8.24. The van der Waals surface area contributed by atoms with Crippen LogP contribution in [-0.2, 0) is 17.5 Å². The zero-order chi connectivity index (χ0) is 19.5. The van der Waals surface area contributed by atoms with Gasteiger partial charge in [-0.3, -0.25) is 14.5 Å². The number of hydrogen-bond acceptors (Lipinski definition) is 4. The third-order valence-electron chi connectivity index (χ3n) is 3.65. The highest BCUT2D eigenvalue weighted by Gasteiger charge is 2.33. The molecular weight excluding hydrogens is 391 g/mol. The van der Waals surface area contributed by atoms with Crippen LogP contribution in [0, 0.1) is 6.92 Å². The second-order valence-corrected chi connectivity index (χ2v) is 7.00. The van der Waals surface area contributed by atoms with E-state index in [1.807, 2.05) is 6.92 Å². The minimum Gasteiger partial charge on any atom is -0.325 e. The summed E-state index contributed by atoms with van der Waals surface area (Å²) in [6.07, 6.45) is -4.60. The van der Waals surface area contributed by atoms with Crippen molar-refractivity contribution in [3.63, 3.8) is 0 Å². The Balaban J connectivity index is 1.93. The Morgan fingerprint density at radius 3 is 2.65 bits per heavy atom. The monoisotopic (exact) mass is 407 g/mol. The molecule has 1 amide bonds.